The maximum atomic E-state index is 5.85. The number of halogens is 1. The lowest BCUT2D eigenvalue weighted by atomic mass is 9.93. The predicted octanol–water partition coefficient (Wildman–Crippen LogP) is 4.00. The molecular weight excluding hydrogens is 314 g/mol. The summed E-state index contributed by atoms with van der Waals surface area (Å²) in [5, 5.41) is 3.43. The molecule has 2 nitrogen and oxygen atoms in total. The van der Waals surface area contributed by atoms with Crippen molar-refractivity contribution in [3.63, 3.8) is 0 Å². The first-order valence-electron chi connectivity index (χ1n) is 6.89. The molecule has 1 N–H and O–H groups in total. The fraction of sp³-hybridized carbons (Fsp3) is 0.294. The van der Waals surface area contributed by atoms with E-state index in [1.807, 2.05) is 7.05 Å². The molecule has 1 aliphatic rings. The summed E-state index contributed by atoms with van der Waals surface area (Å²) in [5.41, 5.74) is 5.09. The summed E-state index contributed by atoms with van der Waals surface area (Å²) < 4.78 is 6.99. The average molecular weight is 332 g/mol. The molecule has 2 aromatic rings. The number of hydrogen-bond donors (Lipinski definition) is 1. The zero-order valence-corrected chi connectivity index (χ0v) is 13.3. The van der Waals surface area contributed by atoms with Gasteiger partial charge in [-0.05, 0) is 36.7 Å². The summed E-state index contributed by atoms with van der Waals surface area (Å²) in [4.78, 5) is 0. The molecule has 2 aromatic carbocycles. The number of para-hydroxylation sites is 1. The Labute approximate surface area is 128 Å². The molecule has 0 aliphatic carbocycles. The monoisotopic (exact) mass is 331 g/mol. The molecule has 1 atom stereocenters. The van der Waals surface area contributed by atoms with Crippen molar-refractivity contribution in [2.75, 3.05) is 13.7 Å². The van der Waals surface area contributed by atoms with Crippen molar-refractivity contribution in [2.45, 2.75) is 19.4 Å². The Morgan fingerprint density at radius 3 is 2.70 bits per heavy atom. The van der Waals surface area contributed by atoms with E-state index < -0.39 is 0 Å². The Kier molecular flexibility index (Phi) is 3.81. The lowest BCUT2D eigenvalue weighted by molar-refractivity contribution is 0.351. The molecule has 1 aliphatic heterocycles. The van der Waals surface area contributed by atoms with Crippen LogP contribution in [0.15, 0.2) is 40.9 Å². The van der Waals surface area contributed by atoms with Gasteiger partial charge in [0.25, 0.3) is 0 Å². The molecule has 3 heteroatoms. The number of rotatable bonds is 3. The van der Waals surface area contributed by atoms with Gasteiger partial charge in [-0.15, -0.1) is 0 Å². The van der Waals surface area contributed by atoms with Crippen molar-refractivity contribution < 1.29 is 4.74 Å². The van der Waals surface area contributed by atoms with E-state index in [2.05, 4.69) is 64.6 Å². The van der Waals surface area contributed by atoms with E-state index in [1.54, 1.807) is 0 Å². The van der Waals surface area contributed by atoms with Crippen LogP contribution in [0.3, 0.4) is 0 Å². The third-order valence-corrected chi connectivity index (χ3v) is 4.82. The Hall–Kier alpha value is -1.32. The van der Waals surface area contributed by atoms with Gasteiger partial charge < -0.3 is 10.1 Å². The Bertz CT molecular complexity index is 639. The van der Waals surface area contributed by atoms with Crippen molar-refractivity contribution in [2.24, 2.45) is 0 Å². The minimum absolute atomic E-state index is 0.153. The highest BCUT2D eigenvalue weighted by Crippen LogP contribution is 2.37. The zero-order chi connectivity index (χ0) is 14.1. The molecule has 0 bridgehead atoms. The van der Waals surface area contributed by atoms with Crippen LogP contribution >= 0.6 is 15.9 Å². The molecule has 104 valence electrons. The van der Waals surface area contributed by atoms with Gasteiger partial charge in [0.2, 0.25) is 0 Å². The summed E-state index contributed by atoms with van der Waals surface area (Å²) in [6, 6.07) is 12.9. The molecule has 0 saturated heterocycles. The second-order valence-electron chi connectivity index (χ2n) is 5.11. The molecule has 1 heterocycles. The lowest BCUT2D eigenvalue weighted by Gasteiger charge is -2.22. The predicted molar refractivity (Wildman–Crippen MR) is 85.4 cm³/mol. The van der Waals surface area contributed by atoms with Crippen molar-refractivity contribution in [1.82, 2.24) is 5.32 Å². The highest BCUT2D eigenvalue weighted by Gasteiger charge is 2.23. The smallest absolute Gasteiger partial charge is 0.127 e. The van der Waals surface area contributed by atoms with E-state index in [9.17, 15) is 0 Å². The fourth-order valence-electron chi connectivity index (χ4n) is 2.88. The first-order chi connectivity index (χ1) is 9.72. The molecule has 0 fully saturated rings. The number of nitrogens with one attached hydrogen (secondary N) is 1. The maximum absolute atomic E-state index is 5.85. The molecule has 0 radical (unpaired) electrons. The molecule has 0 aromatic heterocycles. The minimum atomic E-state index is 0.153. The van der Waals surface area contributed by atoms with Gasteiger partial charge in [-0.1, -0.05) is 46.3 Å². The van der Waals surface area contributed by atoms with E-state index in [4.69, 9.17) is 4.74 Å². The van der Waals surface area contributed by atoms with Crippen LogP contribution in [0.2, 0.25) is 0 Å². The van der Waals surface area contributed by atoms with E-state index in [-0.39, 0.29) is 6.04 Å². The Morgan fingerprint density at radius 1 is 1.15 bits per heavy atom. The standard InChI is InChI=1S/C17H18BrNO/c1-11-13(6-4-8-15(11)18)16(19-2)14-7-3-5-12-9-10-20-17(12)14/h3-8,16,19H,9-10H2,1-2H3. The second kappa shape index (κ2) is 5.58. The van der Waals surface area contributed by atoms with Crippen molar-refractivity contribution >= 4 is 15.9 Å². The summed E-state index contributed by atoms with van der Waals surface area (Å²) in [5.74, 6) is 1.06. The quantitative estimate of drug-likeness (QED) is 0.917. The van der Waals surface area contributed by atoms with Crippen molar-refractivity contribution in [1.29, 1.82) is 0 Å². The molecular formula is C17H18BrNO. The van der Waals surface area contributed by atoms with Gasteiger partial charge in [0, 0.05) is 16.5 Å². The molecule has 20 heavy (non-hydrogen) atoms. The lowest BCUT2D eigenvalue weighted by Crippen LogP contribution is -2.19. The van der Waals surface area contributed by atoms with Gasteiger partial charge in [-0.25, -0.2) is 0 Å². The van der Waals surface area contributed by atoms with E-state index in [0.29, 0.717) is 0 Å². The average Bonchev–Trinajstić information content (AvgIpc) is 2.93. The number of ether oxygens (including phenoxy) is 1. The van der Waals surface area contributed by atoms with Gasteiger partial charge in [-0.2, -0.15) is 0 Å². The Balaban J connectivity index is 2.11. The molecule has 0 saturated carbocycles. The SMILES string of the molecule is CNC(c1cccc(Br)c1C)c1cccc2c1OCC2. The third-order valence-electron chi connectivity index (χ3n) is 3.97. The topological polar surface area (TPSA) is 21.3 Å². The molecule has 0 amide bonds. The minimum Gasteiger partial charge on any atom is -0.493 e. The van der Waals surface area contributed by atoms with Crippen molar-refractivity contribution in [3.8, 4) is 5.75 Å². The third kappa shape index (κ3) is 2.25. The highest BCUT2D eigenvalue weighted by molar-refractivity contribution is 9.10. The zero-order valence-electron chi connectivity index (χ0n) is 11.7. The maximum Gasteiger partial charge on any atom is 0.127 e. The van der Waals surface area contributed by atoms with Gasteiger partial charge in [0.1, 0.15) is 5.75 Å². The van der Waals surface area contributed by atoms with Crippen LogP contribution < -0.4 is 10.1 Å². The van der Waals surface area contributed by atoms with E-state index in [1.165, 1.54) is 22.3 Å². The molecule has 3 rings (SSSR count). The molecule has 1 unspecified atom stereocenters. The van der Waals surface area contributed by atoms with E-state index >= 15 is 0 Å². The fourth-order valence-corrected chi connectivity index (χ4v) is 3.26. The second-order valence-corrected chi connectivity index (χ2v) is 5.96. The van der Waals surface area contributed by atoms with E-state index in [0.717, 1.165) is 23.2 Å². The number of benzene rings is 2. The Morgan fingerprint density at radius 2 is 1.90 bits per heavy atom. The highest BCUT2D eigenvalue weighted by atomic mass is 79.9. The van der Waals surface area contributed by atoms with Crippen LogP contribution in [-0.4, -0.2) is 13.7 Å². The van der Waals surface area contributed by atoms with Crippen LogP contribution in [0.5, 0.6) is 5.75 Å². The van der Waals surface area contributed by atoms with Gasteiger partial charge in [-0.3, -0.25) is 0 Å². The summed E-state index contributed by atoms with van der Waals surface area (Å²) in [6.45, 7) is 2.94. The van der Waals surface area contributed by atoms with Crippen LogP contribution in [0.4, 0.5) is 0 Å². The summed E-state index contributed by atoms with van der Waals surface area (Å²) in [7, 11) is 2.00. The first kappa shape index (κ1) is 13.7. The normalized spacial score (nSPS) is 14.8. The summed E-state index contributed by atoms with van der Waals surface area (Å²) in [6.07, 6.45) is 1.01. The first-order valence-corrected chi connectivity index (χ1v) is 7.68. The number of hydrogen-bond acceptors (Lipinski definition) is 2. The van der Waals surface area contributed by atoms with Gasteiger partial charge in [0.05, 0.1) is 12.6 Å². The van der Waals surface area contributed by atoms with Crippen LogP contribution in [0.25, 0.3) is 0 Å². The van der Waals surface area contributed by atoms with Crippen LogP contribution in [0.1, 0.15) is 28.3 Å². The molecule has 0 spiro atoms. The van der Waals surface area contributed by atoms with Crippen LogP contribution in [0, 0.1) is 6.92 Å². The van der Waals surface area contributed by atoms with Gasteiger partial charge >= 0.3 is 0 Å². The number of fused-ring (bicyclic) bond motifs is 1. The van der Waals surface area contributed by atoms with Crippen molar-refractivity contribution in [3.05, 3.63) is 63.1 Å². The van der Waals surface area contributed by atoms with Crippen LogP contribution in [-0.2, 0) is 6.42 Å². The largest absolute Gasteiger partial charge is 0.493 e. The summed E-state index contributed by atoms with van der Waals surface area (Å²) >= 11 is 3.62. The van der Waals surface area contributed by atoms with Gasteiger partial charge in [0.15, 0.2) is 0 Å².